The Morgan fingerprint density at radius 3 is 2.39 bits per heavy atom. The number of rotatable bonds is 4. The number of thiol groups is 1. The number of ether oxygens (including phenoxy) is 1. The second-order valence-electron chi connectivity index (χ2n) is 5.21. The molecule has 1 heterocycles. The fourth-order valence-corrected chi connectivity index (χ4v) is 3.30. The van der Waals surface area contributed by atoms with Gasteiger partial charge in [-0.25, -0.2) is 0 Å². The van der Waals surface area contributed by atoms with E-state index in [1.54, 1.807) is 0 Å². The topological polar surface area (TPSA) is 12.5 Å². The van der Waals surface area contributed by atoms with E-state index in [4.69, 9.17) is 4.74 Å². The summed E-state index contributed by atoms with van der Waals surface area (Å²) in [6, 6.07) is 0. The van der Waals surface area contributed by atoms with Crippen LogP contribution in [0.15, 0.2) is 0 Å². The summed E-state index contributed by atoms with van der Waals surface area (Å²) in [6.07, 6.45) is -0.723. The molecule has 1 aliphatic heterocycles. The van der Waals surface area contributed by atoms with Crippen molar-refractivity contribution in [2.45, 2.75) is 55.7 Å². The van der Waals surface area contributed by atoms with Gasteiger partial charge in [-0.15, -0.1) is 0 Å². The lowest BCUT2D eigenvalue weighted by Crippen LogP contribution is -2.46. The van der Waals surface area contributed by atoms with Gasteiger partial charge in [0, 0.05) is 6.54 Å². The molecule has 106 valence electrons. The Labute approximate surface area is 111 Å². The average molecular weight is 283 g/mol. The van der Waals surface area contributed by atoms with Gasteiger partial charge in [-0.2, -0.15) is 25.8 Å². The van der Waals surface area contributed by atoms with Gasteiger partial charge in [0.2, 0.25) is 0 Å². The summed E-state index contributed by atoms with van der Waals surface area (Å²) < 4.78 is 44.4. The fraction of sp³-hybridized carbons (Fsp3) is 1.00. The van der Waals surface area contributed by atoms with E-state index in [1.807, 2.05) is 0 Å². The summed E-state index contributed by atoms with van der Waals surface area (Å²) >= 11 is 4.40. The van der Waals surface area contributed by atoms with E-state index >= 15 is 0 Å². The van der Waals surface area contributed by atoms with E-state index in [2.05, 4.69) is 17.5 Å². The Morgan fingerprint density at radius 1 is 1.22 bits per heavy atom. The number of nitrogens with zero attached hydrogens (tertiary/aromatic N) is 1. The van der Waals surface area contributed by atoms with Crippen molar-refractivity contribution >= 4 is 12.6 Å². The zero-order valence-corrected chi connectivity index (χ0v) is 11.3. The van der Waals surface area contributed by atoms with Gasteiger partial charge >= 0.3 is 6.18 Å². The molecule has 1 unspecified atom stereocenters. The Morgan fingerprint density at radius 2 is 1.89 bits per heavy atom. The van der Waals surface area contributed by atoms with Crippen LogP contribution in [0, 0.1) is 0 Å². The highest BCUT2D eigenvalue weighted by Gasteiger charge is 2.57. The first kappa shape index (κ1) is 14.5. The maximum absolute atomic E-state index is 13.0. The van der Waals surface area contributed by atoms with E-state index in [-0.39, 0.29) is 24.8 Å². The zero-order chi connectivity index (χ0) is 13.2. The summed E-state index contributed by atoms with van der Waals surface area (Å²) in [5, 5.41) is 0.180. The van der Waals surface area contributed by atoms with E-state index in [0.717, 1.165) is 19.4 Å². The van der Waals surface area contributed by atoms with Crippen LogP contribution in [0.5, 0.6) is 0 Å². The largest absolute Gasteiger partial charge is 0.417 e. The summed E-state index contributed by atoms with van der Waals surface area (Å²) in [6.45, 7) is 1.61. The molecule has 0 aromatic carbocycles. The van der Waals surface area contributed by atoms with Crippen LogP contribution in [0.1, 0.15) is 38.5 Å². The molecule has 2 fully saturated rings. The third-order valence-electron chi connectivity index (χ3n) is 4.01. The first-order valence-corrected chi connectivity index (χ1v) is 7.09. The van der Waals surface area contributed by atoms with Crippen molar-refractivity contribution < 1.29 is 17.9 Å². The SMILES string of the molecule is FC(F)(F)C1(OCCN2CCCC2S)CCCC1. The van der Waals surface area contributed by atoms with Crippen LogP contribution in [0.3, 0.4) is 0 Å². The van der Waals surface area contributed by atoms with Gasteiger partial charge in [0.15, 0.2) is 5.60 Å². The van der Waals surface area contributed by atoms with Gasteiger partial charge in [0.05, 0.1) is 12.0 Å². The van der Waals surface area contributed by atoms with Crippen LogP contribution in [-0.2, 0) is 4.74 Å². The van der Waals surface area contributed by atoms with E-state index in [0.29, 0.717) is 19.4 Å². The highest BCUT2D eigenvalue weighted by molar-refractivity contribution is 7.80. The maximum atomic E-state index is 13.0. The average Bonchev–Trinajstić information content (AvgIpc) is 2.88. The minimum Gasteiger partial charge on any atom is -0.364 e. The molecule has 1 saturated heterocycles. The second kappa shape index (κ2) is 5.59. The number of alkyl halides is 3. The molecule has 1 aliphatic carbocycles. The molecule has 2 aliphatic rings. The first-order valence-electron chi connectivity index (χ1n) is 6.57. The van der Waals surface area contributed by atoms with Gasteiger partial charge in [0.1, 0.15) is 0 Å². The first-order chi connectivity index (χ1) is 8.45. The molecule has 0 radical (unpaired) electrons. The van der Waals surface area contributed by atoms with E-state index in [1.165, 1.54) is 0 Å². The molecule has 2 nitrogen and oxygen atoms in total. The summed E-state index contributed by atoms with van der Waals surface area (Å²) in [5.74, 6) is 0. The molecule has 0 N–H and O–H groups in total. The molecule has 0 spiro atoms. The monoisotopic (exact) mass is 283 g/mol. The van der Waals surface area contributed by atoms with Crippen molar-refractivity contribution in [2.24, 2.45) is 0 Å². The third kappa shape index (κ3) is 2.96. The van der Waals surface area contributed by atoms with Crippen LogP contribution in [0.4, 0.5) is 13.2 Å². The lowest BCUT2D eigenvalue weighted by molar-refractivity contribution is -0.275. The van der Waals surface area contributed by atoms with Crippen molar-refractivity contribution in [1.29, 1.82) is 0 Å². The van der Waals surface area contributed by atoms with E-state index < -0.39 is 11.8 Å². The van der Waals surface area contributed by atoms with Crippen LogP contribution in [-0.4, -0.2) is 41.7 Å². The molecule has 0 bridgehead atoms. The van der Waals surface area contributed by atoms with Gasteiger partial charge in [-0.3, -0.25) is 4.90 Å². The number of halogens is 3. The van der Waals surface area contributed by atoms with Crippen molar-refractivity contribution in [2.75, 3.05) is 19.7 Å². The molecule has 1 saturated carbocycles. The minimum atomic E-state index is -4.24. The van der Waals surface area contributed by atoms with Crippen LogP contribution < -0.4 is 0 Å². The van der Waals surface area contributed by atoms with Crippen molar-refractivity contribution in [3.63, 3.8) is 0 Å². The molecule has 0 aromatic heterocycles. The van der Waals surface area contributed by atoms with Crippen LogP contribution in [0.25, 0.3) is 0 Å². The zero-order valence-electron chi connectivity index (χ0n) is 10.4. The molecule has 6 heteroatoms. The summed E-state index contributed by atoms with van der Waals surface area (Å²) in [4.78, 5) is 2.09. The number of hydrogen-bond donors (Lipinski definition) is 1. The smallest absolute Gasteiger partial charge is 0.364 e. The molecule has 18 heavy (non-hydrogen) atoms. The molecule has 0 amide bonds. The molecule has 2 rings (SSSR count). The number of hydrogen-bond acceptors (Lipinski definition) is 3. The number of likely N-dealkylation sites (tertiary alicyclic amines) is 1. The lowest BCUT2D eigenvalue weighted by atomic mass is 10.0. The van der Waals surface area contributed by atoms with Gasteiger partial charge in [-0.05, 0) is 32.2 Å². The Kier molecular flexibility index (Phi) is 4.49. The maximum Gasteiger partial charge on any atom is 0.417 e. The van der Waals surface area contributed by atoms with Crippen LogP contribution >= 0.6 is 12.6 Å². The second-order valence-corrected chi connectivity index (χ2v) is 5.80. The van der Waals surface area contributed by atoms with Crippen molar-refractivity contribution in [3.8, 4) is 0 Å². The highest BCUT2D eigenvalue weighted by Crippen LogP contribution is 2.45. The lowest BCUT2D eigenvalue weighted by Gasteiger charge is -2.32. The molecular weight excluding hydrogens is 263 g/mol. The van der Waals surface area contributed by atoms with Crippen molar-refractivity contribution in [3.05, 3.63) is 0 Å². The predicted octanol–water partition coefficient (Wildman–Crippen LogP) is 3.23. The Balaban J connectivity index is 1.83. The van der Waals surface area contributed by atoms with Crippen molar-refractivity contribution in [1.82, 2.24) is 4.90 Å². The minimum absolute atomic E-state index is 0.112. The standard InChI is InChI=1S/C12H20F3NOS/c13-12(14,15)11(5-1-2-6-11)17-9-8-16-7-3-4-10(16)18/h10,18H,1-9H2. The van der Waals surface area contributed by atoms with Gasteiger partial charge in [0.25, 0.3) is 0 Å². The third-order valence-corrected chi connectivity index (χ3v) is 4.60. The molecular formula is C12H20F3NOS. The fourth-order valence-electron chi connectivity index (χ4n) is 2.88. The van der Waals surface area contributed by atoms with Crippen LogP contribution in [0.2, 0.25) is 0 Å². The Hall–Kier alpha value is 0.0600. The summed E-state index contributed by atoms with van der Waals surface area (Å²) in [5.41, 5.74) is -1.88. The Bertz CT molecular complexity index is 279. The predicted molar refractivity (Wildman–Crippen MR) is 66.8 cm³/mol. The summed E-state index contributed by atoms with van der Waals surface area (Å²) in [7, 11) is 0. The normalized spacial score (nSPS) is 29.0. The van der Waals surface area contributed by atoms with Gasteiger partial charge < -0.3 is 4.74 Å². The van der Waals surface area contributed by atoms with Gasteiger partial charge in [-0.1, -0.05) is 12.8 Å². The molecule has 0 aromatic rings. The van der Waals surface area contributed by atoms with E-state index in [9.17, 15) is 13.2 Å². The highest BCUT2D eigenvalue weighted by atomic mass is 32.1. The quantitative estimate of drug-likeness (QED) is 0.795. The molecule has 1 atom stereocenters.